The smallest absolute Gasteiger partial charge is 0.123 e. The van der Waals surface area contributed by atoms with E-state index in [4.69, 9.17) is 4.74 Å². The standard InChI is InChI=1S/C18H30FNO/c1-6-12-20-17(18(7-2,8-3)21-9-4)16-13-15(19)11-10-14(16)5/h10-11,13,17,20H,6-9,12H2,1-5H3. The van der Waals surface area contributed by atoms with E-state index in [1.54, 1.807) is 6.07 Å². The Bertz CT molecular complexity index is 429. The minimum atomic E-state index is -0.289. The fourth-order valence-electron chi connectivity index (χ4n) is 3.02. The zero-order chi connectivity index (χ0) is 15.9. The molecule has 0 amide bonds. The average molecular weight is 295 g/mol. The molecule has 0 saturated heterocycles. The third-order valence-electron chi connectivity index (χ3n) is 4.31. The Balaban J connectivity index is 3.28. The Morgan fingerprint density at radius 3 is 2.38 bits per heavy atom. The van der Waals surface area contributed by atoms with Gasteiger partial charge in [0.25, 0.3) is 0 Å². The molecule has 0 radical (unpaired) electrons. The van der Waals surface area contributed by atoms with Crippen LogP contribution in [0.25, 0.3) is 0 Å². The average Bonchev–Trinajstić information content (AvgIpc) is 2.49. The molecular formula is C18H30FNO. The molecule has 1 aromatic carbocycles. The normalized spacial score (nSPS) is 13.4. The Kier molecular flexibility index (Phi) is 7.33. The number of hydrogen-bond acceptors (Lipinski definition) is 2. The molecule has 21 heavy (non-hydrogen) atoms. The summed E-state index contributed by atoms with van der Waals surface area (Å²) in [6.45, 7) is 12.1. The van der Waals surface area contributed by atoms with Gasteiger partial charge in [-0.05, 0) is 62.9 Å². The maximum absolute atomic E-state index is 13.7. The molecule has 0 aliphatic carbocycles. The zero-order valence-corrected chi connectivity index (χ0v) is 14.1. The summed E-state index contributed by atoms with van der Waals surface area (Å²) in [6.07, 6.45) is 2.84. The maximum Gasteiger partial charge on any atom is 0.123 e. The number of nitrogens with one attached hydrogen (secondary N) is 1. The van der Waals surface area contributed by atoms with Crippen molar-refractivity contribution in [2.75, 3.05) is 13.2 Å². The zero-order valence-electron chi connectivity index (χ0n) is 14.1. The summed E-state index contributed by atoms with van der Waals surface area (Å²) in [5.41, 5.74) is 1.83. The van der Waals surface area contributed by atoms with Gasteiger partial charge in [-0.1, -0.05) is 26.8 Å². The third kappa shape index (κ3) is 4.27. The highest BCUT2D eigenvalue weighted by molar-refractivity contribution is 5.32. The van der Waals surface area contributed by atoms with E-state index in [-0.39, 0.29) is 17.5 Å². The van der Waals surface area contributed by atoms with Crippen molar-refractivity contribution < 1.29 is 9.13 Å². The predicted octanol–water partition coefficient (Wildman–Crippen LogP) is 4.77. The van der Waals surface area contributed by atoms with Gasteiger partial charge in [-0.15, -0.1) is 0 Å². The molecule has 0 aliphatic rings. The van der Waals surface area contributed by atoms with Crippen LogP contribution in [0.5, 0.6) is 0 Å². The molecule has 1 aromatic rings. The van der Waals surface area contributed by atoms with Gasteiger partial charge in [0.1, 0.15) is 5.82 Å². The molecule has 1 rings (SSSR count). The summed E-state index contributed by atoms with van der Waals surface area (Å²) in [7, 11) is 0. The summed E-state index contributed by atoms with van der Waals surface area (Å²) in [5.74, 6) is -0.184. The van der Waals surface area contributed by atoms with Crippen LogP contribution in [0.2, 0.25) is 0 Å². The summed E-state index contributed by atoms with van der Waals surface area (Å²) in [6, 6.07) is 5.05. The van der Waals surface area contributed by atoms with Gasteiger partial charge in [0, 0.05) is 6.61 Å². The molecule has 0 fully saturated rings. The molecule has 0 bridgehead atoms. The predicted molar refractivity (Wildman–Crippen MR) is 87.1 cm³/mol. The van der Waals surface area contributed by atoms with Crippen LogP contribution in [0, 0.1) is 12.7 Å². The molecule has 0 aromatic heterocycles. The second kappa shape index (κ2) is 8.50. The van der Waals surface area contributed by atoms with Crippen molar-refractivity contribution in [3.63, 3.8) is 0 Å². The second-order valence-electron chi connectivity index (χ2n) is 5.59. The molecule has 2 nitrogen and oxygen atoms in total. The van der Waals surface area contributed by atoms with E-state index in [9.17, 15) is 4.39 Å². The fraction of sp³-hybridized carbons (Fsp3) is 0.667. The van der Waals surface area contributed by atoms with E-state index in [1.165, 1.54) is 6.07 Å². The first-order chi connectivity index (χ1) is 10.0. The molecule has 1 unspecified atom stereocenters. The lowest BCUT2D eigenvalue weighted by molar-refractivity contribution is -0.0734. The quantitative estimate of drug-likeness (QED) is 0.708. The first kappa shape index (κ1) is 18.1. The van der Waals surface area contributed by atoms with E-state index in [0.717, 1.165) is 36.9 Å². The highest BCUT2D eigenvalue weighted by atomic mass is 19.1. The Labute approximate surface area is 129 Å². The Hall–Kier alpha value is -0.930. The van der Waals surface area contributed by atoms with Crippen LogP contribution in [-0.2, 0) is 4.74 Å². The number of ether oxygens (including phenoxy) is 1. The highest BCUT2D eigenvalue weighted by Gasteiger charge is 2.38. The molecule has 120 valence electrons. The lowest BCUT2D eigenvalue weighted by atomic mass is 9.82. The van der Waals surface area contributed by atoms with Gasteiger partial charge in [-0.2, -0.15) is 0 Å². The summed E-state index contributed by atoms with van der Waals surface area (Å²) in [4.78, 5) is 0. The van der Waals surface area contributed by atoms with E-state index >= 15 is 0 Å². The van der Waals surface area contributed by atoms with Crippen LogP contribution >= 0.6 is 0 Å². The molecule has 1 N–H and O–H groups in total. The van der Waals surface area contributed by atoms with E-state index < -0.39 is 0 Å². The molecular weight excluding hydrogens is 265 g/mol. The first-order valence-electron chi connectivity index (χ1n) is 8.17. The summed E-state index contributed by atoms with van der Waals surface area (Å²) >= 11 is 0. The van der Waals surface area contributed by atoms with Gasteiger partial charge in [-0.25, -0.2) is 4.39 Å². The molecule has 1 atom stereocenters. The Morgan fingerprint density at radius 2 is 1.86 bits per heavy atom. The van der Waals surface area contributed by atoms with Crippen molar-refractivity contribution in [3.8, 4) is 0 Å². The number of rotatable bonds is 9. The molecule has 0 aliphatic heterocycles. The lowest BCUT2D eigenvalue weighted by Gasteiger charge is -2.41. The first-order valence-corrected chi connectivity index (χ1v) is 8.17. The third-order valence-corrected chi connectivity index (χ3v) is 4.31. The lowest BCUT2D eigenvalue weighted by Crippen LogP contribution is -2.46. The molecule has 0 heterocycles. The monoisotopic (exact) mass is 295 g/mol. The van der Waals surface area contributed by atoms with Crippen molar-refractivity contribution >= 4 is 0 Å². The second-order valence-corrected chi connectivity index (χ2v) is 5.59. The van der Waals surface area contributed by atoms with Gasteiger partial charge in [0.2, 0.25) is 0 Å². The molecule has 3 heteroatoms. The highest BCUT2D eigenvalue weighted by Crippen LogP contribution is 2.37. The number of benzene rings is 1. The van der Waals surface area contributed by atoms with Crippen molar-refractivity contribution in [1.29, 1.82) is 0 Å². The van der Waals surface area contributed by atoms with Gasteiger partial charge in [-0.3, -0.25) is 0 Å². The minimum absolute atomic E-state index is 0.0168. The van der Waals surface area contributed by atoms with Gasteiger partial charge in [0.05, 0.1) is 11.6 Å². The van der Waals surface area contributed by atoms with Gasteiger partial charge >= 0.3 is 0 Å². The van der Waals surface area contributed by atoms with Crippen LogP contribution < -0.4 is 5.32 Å². The van der Waals surface area contributed by atoms with E-state index in [0.29, 0.717) is 6.61 Å². The number of aryl methyl sites for hydroxylation is 1. The van der Waals surface area contributed by atoms with Crippen LogP contribution in [0.1, 0.15) is 64.1 Å². The fourth-order valence-corrected chi connectivity index (χ4v) is 3.02. The van der Waals surface area contributed by atoms with Crippen molar-refractivity contribution in [1.82, 2.24) is 5.32 Å². The summed E-state index contributed by atoms with van der Waals surface area (Å²) < 4.78 is 19.9. The Morgan fingerprint density at radius 1 is 1.19 bits per heavy atom. The van der Waals surface area contributed by atoms with Crippen molar-refractivity contribution in [3.05, 3.63) is 35.1 Å². The van der Waals surface area contributed by atoms with Crippen LogP contribution in [0.4, 0.5) is 4.39 Å². The topological polar surface area (TPSA) is 21.3 Å². The van der Waals surface area contributed by atoms with Crippen molar-refractivity contribution in [2.45, 2.75) is 65.5 Å². The van der Waals surface area contributed by atoms with Crippen molar-refractivity contribution in [2.24, 2.45) is 0 Å². The number of hydrogen-bond donors (Lipinski definition) is 1. The number of halogens is 1. The van der Waals surface area contributed by atoms with Crippen LogP contribution in [0.3, 0.4) is 0 Å². The van der Waals surface area contributed by atoms with E-state index in [2.05, 4.69) is 26.1 Å². The maximum atomic E-state index is 13.7. The van der Waals surface area contributed by atoms with Gasteiger partial charge < -0.3 is 10.1 Å². The van der Waals surface area contributed by atoms with E-state index in [1.807, 2.05) is 19.9 Å². The minimum Gasteiger partial charge on any atom is -0.373 e. The van der Waals surface area contributed by atoms with Gasteiger partial charge in [0.15, 0.2) is 0 Å². The molecule has 0 saturated carbocycles. The molecule has 0 spiro atoms. The van der Waals surface area contributed by atoms with Crippen LogP contribution in [0.15, 0.2) is 18.2 Å². The SMILES string of the molecule is CCCNC(c1cc(F)ccc1C)C(CC)(CC)OCC. The largest absolute Gasteiger partial charge is 0.373 e. The summed E-state index contributed by atoms with van der Waals surface area (Å²) in [5, 5.41) is 3.59. The van der Waals surface area contributed by atoms with Crippen LogP contribution in [-0.4, -0.2) is 18.8 Å².